The van der Waals surface area contributed by atoms with Crippen molar-refractivity contribution in [1.82, 2.24) is 4.90 Å². The first-order valence-electron chi connectivity index (χ1n) is 6.55. The predicted molar refractivity (Wildman–Crippen MR) is 71.2 cm³/mol. The summed E-state index contributed by atoms with van der Waals surface area (Å²) in [5, 5.41) is 8.75. The molecule has 0 fully saturated rings. The van der Waals surface area contributed by atoms with Crippen molar-refractivity contribution in [1.29, 1.82) is 0 Å². The Kier molecular flexibility index (Phi) is 6.12. The highest BCUT2D eigenvalue weighted by Crippen LogP contribution is 2.08. The van der Waals surface area contributed by atoms with Crippen LogP contribution >= 0.6 is 0 Å². The van der Waals surface area contributed by atoms with Gasteiger partial charge in [0.1, 0.15) is 5.84 Å². The van der Waals surface area contributed by atoms with E-state index in [-0.39, 0.29) is 0 Å². The van der Waals surface area contributed by atoms with Gasteiger partial charge in [0.2, 0.25) is 0 Å². The number of hydrogen-bond acceptors (Lipinski definition) is 3. The van der Waals surface area contributed by atoms with Crippen molar-refractivity contribution in [3.8, 4) is 0 Å². The van der Waals surface area contributed by atoms with Crippen LogP contribution in [0.1, 0.15) is 58.8 Å². The minimum atomic E-state index is 1.06. The molecule has 0 aromatic rings. The molecular formula is C13H25N3. The van der Waals surface area contributed by atoms with E-state index in [1.807, 2.05) is 0 Å². The summed E-state index contributed by atoms with van der Waals surface area (Å²) in [7, 11) is 2.14. The molecule has 16 heavy (non-hydrogen) atoms. The molecule has 0 saturated heterocycles. The Labute approximate surface area is 99.6 Å². The zero-order valence-electron chi connectivity index (χ0n) is 11.0. The van der Waals surface area contributed by atoms with Gasteiger partial charge in [-0.1, -0.05) is 19.8 Å². The fourth-order valence-corrected chi connectivity index (χ4v) is 1.88. The van der Waals surface area contributed by atoms with Gasteiger partial charge in [0.25, 0.3) is 0 Å². The van der Waals surface area contributed by atoms with Gasteiger partial charge in [0, 0.05) is 25.7 Å². The van der Waals surface area contributed by atoms with Crippen molar-refractivity contribution in [3.63, 3.8) is 0 Å². The number of hydrogen-bond donors (Lipinski definition) is 0. The molecule has 0 spiro atoms. The summed E-state index contributed by atoms with van der Waals surface area (Å²) < 4.78 is 0. The van der Waals surface area contributed by atoms with Crippen LogP contribution in [0.2, 0.25) is 0 Å². The molecule has 0 amide bonds. The van der Waals surface area contributed by atoms with E-state index in [9.17, 15) is 0 Å². The Bertz CT molecular complexity index is 256. The topological polar surface area (TPSA) is 28.0 Å². The lowest BCUT2D eigenvalue weighted by molar-refractivity contribution is 0.459. The number of amidine groups is 1. The Balaban J connectivity index is 2.68. The summed E-state index contributed by atoms with van der Waals surface area (Å²) in [4.78, 5) is 2.28. The van der Waals surface area contributed by atoms with Gasteiger partial charge in [0.05, 0.1) is 0 Å². The third-order valence-corrected chi connectivity index (χ3v) is 3.06. The summed E-state index contributed by atoms with van der Waals surface area (Å²) in [5.41, 5.74) is 1.17. The molecule has 1 aliphatic heterocycles. The molecule has 0 saturated carbocycles. The van der Waals surface area contributed by atoms with Crippen molar-refractivity contribution < 1.29 is 0 Å². The van der Waals surface area contributed by atoms with Crippen molar-refractivity contribution in [2.45, 2.75) is 58.8 Å². The SMILES string of the molecule is CCCC/C1=N/N=C(\C)CCCCCN1C. The van der Waals surface area contributed by atoms with Gasteiger partial charge in [-0.05, 0) is 32.6 Å². The third kappa shape index (κ3) is 4.77. The van der Waals surface area contributed by atoms with Gasteiger partial charge in [-0.15, -0.1) is 5.10 Å². The molecule has 0 atom stereocenters. The van der Waals surface area contributed by atoms with E-state index in [1.54, 1.807) is 0 Å². The Morgan fingerprint density at radius 2 is 2.00 bits per heavy atom. The van der Waals surface area contributed by atoms with E-state index >= 15 is 0 Å². The molecule has 3 heteroatoms. The van der Waals surface area contributed by atoms with Crippen LogP contribution < -0.4 is 0 Å². The van der Waals surface area contributed by atoms with Crippen LogP contribution in [0.15, 0.2) is 10.2 Å². The highest BCUT2D eigenvalue weighted by molar-refractivity contribution is 5.85. The van der Waals surface area contributed by atoms with E-state index in [4.69, 9.17) is 0 Å². The molecule has 1 aliphatic rings. The number of rotatable bonds is 3. The Morgan fingerprint density at radius 1 is 1.19 bits per heavy atom. The predicted octanol–water partition coefficient (Wildman–Crippen LogP) is 3.46. The van der Waals surface area contributed by atoms with Crippen molar-refractivity contribution in [2.24, 2.45) is 10.2 Å². The van der Waals surface area contributed by atoms with Gasteiger partial charge in [0.15, 0.2) is 0 Å². The summed E-state index contributed by atoms with van der Waals surface area (Å²) in [6.45, 7) is 5.43. The second-order valence-corrected chi connectivity index (χ2v) is 4.69. The first kappa shape index (κ1) is 13.2. The second kappa shape index (κ2) is 7.42. The van der Waals surface area contributed by atoms with Gasteiger partial charge in [-0.2, -0.15) is 5.10 Å². The maximum absolute atomic E-state index is 4.41. The van der Waals surface area contributed by atoms with Crippen LogP contribution in [-0.2, 0) is 0 Å². The van der Waals surface area contributed by atoms with Gasteiger partial charge < -0.3 is 4.90 Å². The molecule has 0 aromatic heterocycles. The fraction of sp³-hybridized carbons (Fsp3) is 0.846. The number of nitrogens with zero attached hydrogens (tertiary/aromatic N) is 3. The van der Waals surface area contributed by atoms with Crippen LogP contribution in [-0.4, -0.2) is 30.0 Å². The molecule has 0 bridgehead atoms. The molecule has 1 rings (SSSR count). The average Bonchev–Trinajstić information content (AvgIpc) is 2.28. The van der Waals surface area contributed by atoms with Gasteiger partial charge in [-0.3, -0.25) is 0 Å². The van der Waals surface area contributed by atoms with Crippen LogP contribution in [0.3, 0.4) is 0 Å². The molecule has 0 aliphatic carbocycles. The third-order valence-electron chi connectivity index (χ3n) is 3.06. The largest absolute Gasteiger partial charge is 0.362 e. The molecule has 92 valence electrons. The van der Waals surface area contributed by atoms with E-state index in [0.29, 0.717) is 0 Å². The monoisotopic (exact) mass is 223 g/mol. The molecule has 1 heterocycles. The van der Waals surface area contributed by atoms with Crippen LogP contribution in [0, 0.1) is 0 Å². The first-order valence-corrected chi connectivity index (χ1v) is 6.55. The second-order valence-electron chi connectivity index (χ2n) is 4.69. The molecule has 0 N–H and O–H groups in total. The van der Waals surface area contributed by atoms with Crippen molar-refractivity contribution in [2.75, 3.05) is 13.6 Å². The quantitative estimate of drug-likeness (QED) is 0.720. The highest BCUT2D eigenvalue weighted by Gasteiger charge is 2.07. The maximum Gasteiger partial charge on any atom is 0.127 e. The highest BCUT2D eigenvalue weighted by atomic mass is 15.3. The van der Waals surface area contributed by atoms with Crippen molar-refractivity contribution >= 4 is 11.5 Å². The van der Waals surface area contributed by atoms with Crippen LogP contribution in [0.25, 0.3) is 0 Å². The lowest BCUT2D eigenvalue weighted by Crippen LogP contribution is -2.28. The van der Waals surface area contributed by atoms with Crippen molar-refractivity contribution in [3.05, 3.63) is 0 Å². The lowest BCUT2D eigenvalue weighted by Gasteiger charge is -2.21. The fourth-order valence-electron chi connectivity index (χ4n) is 1.88. The minimum absolute atomic E-state index is 1.06. The van der Waals surface area contributed by atoms with Gasteiger partial charge in [-0.25, -0.2) is 0 Å². The smallest absolute Gasteiger partial charge is 0.127 e. The molecular weight excluding hydrogens is 198 g/mol. The summed E-state index contributed by atoms with van der Waals surface area (Å²) in [6, 6.07) is 0. The molecule has 0 unspecified atom stereocenters. The lowest BCUT2D eigenvalue weighted by atomic mass is 10.1. The minimum Gasteiger partial charge on any atom is -0.362 e. The van der Waals surface area contributed by atoms with Crippen LogP contribution in [0.5, 0.6) is 0 Å². The summed E-state index contributed by atoms with van der Waals surface area (Å²) in [6.07, 6.45) is 8.42. The maximum atomic E-state index is 4.41. The van der Waals surface area contributed by atoms with E-state index < -0.39 is 0 Å². The molecule has 0 aromatic carbocycles. The van der Waals surface area contributed by atoms with E-state index in [0.717, 1.165) is 25.2 Å². The molecule has 0 radical (unpaired) electrons. The summed E-state index contributed by atoms with van der Waals surface area (Å²) >= 11 is 0. The van der Waals surface area contributed by atoms with Crippen LogP contribution in [0.4, 0.5) is 0 Å². The Morgan fingerprint density at radius 3 is 2.75 bits per heavy atom. The standard InChI is InChI=1S/C13H25N3/c1-4-5-10-13-15-14-12(2)9-7-6-8-11-16(13)3/h4-11H2,1-3H3/b14-12+,15-13-. The average molecular weight is 223 g/mol. The van der Waals surface area contributed by atoms with Gasteiger partial charge >= 0.3 is 0 Å². The van der Waals surface area contributed by atoms with E-state index in [1.165, 1.54) is 37.8 Å². The normalized spacial score (nSPS) is 25.6. The summed E-state index contributed by atoms with van der Waals surface area (Å²) in [5.74, 6) is 1.16. The zero-order valence-corrected chi connectivity index (χ0v) is 11.0. The molecule has 3 nitrogen and oxygen atoms in total. The number of unbranched alkanes of at least 4 members (excludes halogenated alkanes) is 1. The first-order chi connectivity index (χ1) is 7.74. The van der Waals surface area contributed by atoms with E-state index in [2.05, 4.69) is 36.0 Å². The zero-order chi connectivity index (χ0) is 11.8. The Hall–Kier alpha value is -0.860.